The molecule has 0 N–H and O–H groups in total. The lowest BCUT2D eigenvalue weighted by Gasteiger charge is -2.13. The van der Waals surface area contributed by atoms with Gasteiger partial charge in [0.15, 0.2) is 0 Å². The number of hydrogen-bond acceptors (Lipinski definition) is 1. The van der Waals surface area contributed by atoms with Gasteiger partial charge in [-0.1, -0.05) is 60.2 Å². The van der Waals surface area contributed by atoms with Gasteiger partial charge in [-0.2, -0.15) is 0 Å². The average molecular weight is 364 g/mol. The Morgan fingerprint density at radius 3 is 2.04 bits per heavy atom. The summed E-state index contributed by atoms with van der Waals surface area (Å²) in [4.78, 5) is 4.67. The number of hydrogen-bond donors (Lipinski definition) is 0. The Hall–Kier alpha value is -3.19. The van der Waals surface area contributed by atoms with E-state index in [4.69, 9.17) is 0 Å². The largest absolute Gasteiger partial charge is 0.256 e. The van der Waals surface area contributed by atoms with Crippen molar-refractivity contribution in [1.29, 1.82) is 0 Å². The summed E-state index contributed by atoms with van der Waals surface area (Å²) in [6, 6.07) is 26.0. The third-order valence-electron chi connectivity index (χ3n) is 5.34. The standard InChI is InChI=1S/C27H25N/c1-18-14-20(3)27(21(4)15-18)24-12-13-28-26(17-24)23-10-7-9-22(16-23)25-11-6-5-8-19(25)2/h5-17H,1-4H3. The molecule has 4 aromatic rings. The summed E-state index contributed by atoms with van der Waals surface area (Å²) < 4.78 is 0. The monoisotopic (exact) mass is 363 g/mol. The summed E-state index contributed by atoms with van der Waals surface area (Å²) in [5.74, 6) is 0. The molecule has 0 radical (unpaired) electrons. The first kappa shape index (κ1) is 18.2. The molecule has 1 aromatic heterocycles. The zero-order valence-electron chi connectivity index (χ0n) is 17.0. The molecule has 0 atom stereocenters. The van der Waals surface area contributed by atoms with E-state index in [-0.39, 0.29) is 0 Å². The fourth-order valence-corrected chi connectivity index (χ4v) is 4.12. The summed E-state index contributed by atoms with van der Waals surface area (Å²) >= 11 is 0. The van der Waals surface area contributed by atoms with Crippen LogP contribution in [-0.2, 0) is 0 Å². The van der Waals surface area contributed by atoms with E-state index in [1.54, 1.807) is 0 Å². The first-order valence-electron chi connectivity index (χ1n) is 9.73. The van der Waals surface area contributed by atoms with Crippen molar-refractivity contribution in [2.75, 3.05) is 0 Å². The van der Waals surface area contributed by atoms with Gasteiger partial charge in [-0.05, 0) is 84.8 Å². The fraction of sp³-hybridized carbons (Fsp3) is 0.148. The third-order valence-corrected chi connectivity index (χ3v) is 5.34. The Morgan fingerprint density at radius 2 is 1.29 bits per heavy atom. The van der Waals surface area contributed by atoms with Crippen LogP contribution in [0.4, 0.5) is 0 Å². The van der Waals surface area contributed by atoms with Gasteiger partial charge in [-0.25, -0.2) is 0 Å². The maximum absolute atomic E-state index is 4.67. The molecule has 1 heterocycles. The van der Waals surface area contributed by atoms with E-state index >= 15 is 0 Å². The van der Waals surface area contributed by atoms with Gasteiger partial charge in [-0.3, -0.25) is 4.98 Å². The van der Waals surface area contributed by atoms with Crippen LogP contribution < -0.4 is 0 Å². The van der Waals surface area contributed by atoms with Gasteiger partial charge in [0, 0.05) is 11.8 Å². The van der Waals surface area contributed by atoms with Crippen LogP contribution in [0.1, 0.15) is 22.3 Å². The lowest BCUT2D eigenvalue weighted by molar-refractivity contribution is 1.29. The van der Waals surface area contributed by atoms with Gasteiger partial charge < -0.3 is 0 Å². The third kappa shape index (κ3) is 3.48. The maximum atomic E-state index is 4.67. The number of rotatable bonds is 3. The lowest BCUT2D eigenvalue weighted by Crippen LogP contribution is -1.92. The zero-order chi connectivity index (χ0) is 19.7. The van der Waals surface area contributed by atoms with Crippen LogP contribution in [-0.4, -0.2) is 4.98 Å². The van der Waals surface area contributed by atoms with Crippen molar-refractivity contribution >= 4 is 0 Å². The Morgan fingerprint density at radius 1 is 0.571 bits per heavy atom. The molecule has 4 rings (SSSR count). The molecule has 0 saturated heterocycles. The Balaban J connectivity index is 1.79. The van der Waals surface area contributed by atoms with Gasteiger partial charge in [0.2, 0.25) is 0 Å². The highest BCUT2D eigenvalue weighted by molar-refractivity contribution is 5.77. The molecule has 0 saturated carbocycles. The molecule has 28 heavy (non-hydrogen) atoms. The van der Waals surface area contributed by atoms with Crippen LogP contribution >= 0.6 is 0 Å². The topological polar surface area (TPSA) is 12.9 Å². The molecule has 138 valence electrons. The molecule has 1 nitrogen and oxygen atoms in total. The molecule has 0 unspecified atom stereocenters. The molecular weight excluding hydrogens is 338 g/mol. The van der Waals surface area contributed by atoms with Crippen molar-refractivity contribution in [3.63, 3.8) is 0 Å². The van der Waals surface area contributed by atoms with Crippen molar-refractivity contribution in [2.24, 2.45) is 0 Å². The summed E-state index contributed by atoms with van der Waals surface area (Å²) in [5.41, 5.74) is 12.4. The van der Waals surface area contributed by atoms with Crippen molar-refractivity contribution < 1.29 is 0 Å². The second kappa shape index (κ2) is 7.44. The first-order chi connectivity index (χ1) is 13.5. The highest BCUT2D eigenvalue weighted by Crippen LogP contribution is 2.32. The molecule has 0 aliphatic rings. The van der Waals surface area contributed by atoms with Crippen LogP contribution in [0.2, 0.25) is 0 Å². The predicted molar refractivity (Wildman–Crippen MR) is 119 cm³/mol. The maximum Gasteiger partial charge on any atom is 0.0708 e. The molecule has 0 amide bonds. The van der Waals surface area contributed by atoms with E-state index in [0.717, 1.165) is 11.3 Å². The van der Waals surface area contributed by atoms with Crippen LogP contribution in [0.5, 0.6) is 0 Å². The van der Waals surface area contributed by atoms with Crippen molar-refractivity contribution in [2.45, 2.75) is 27.7 Å². The summed E-state index contributed by atoms with van der Waals surface area (Å²) in [6.45, 7) is 8.69. The smallest absolute Gasteiger partial charge is 0.0708 e. The van der Waals surface area contributed by atoms with Gasteiger partial charge in [-0.15, -0.1) is 0 Å². The number of nitrogens with zero attached hydrogens (tertiary/aromatic N) is 1. The molecule has 1 heteroatoms. The number of aromatic nitrogens is 1. The number of aryl methyl sites for hydroxylation is 4. The van der Waals surface area contributed by atoms with Crippen LogP contribution in [0, 0.1) is 27.7 Å². The van der Waals surface area contributed by atoms with E-state index in [2.05, 4.69) is 105 Å². The second-order valence-corrected chi connectivity index (χ2v) is 7.60. The molecule has 0 fully saturated rings. The summed E-state index contributed by atoms with van der Waals surface area (Å²) in [7, 11) is 0. The second-order valence-electron chi connectivity index (χ2n) is 7.60. The van der Waals surface area contributed by atoms with E-state index in [0.29, 0.717) is 0 Å². The molecule has 0 spiro atoms. The van der Waals surface area contributed by atoms with Crippen LogP contribution in [0.3, 0.4) is 0 Å². The molecular formula is C27H25N. The van der Waals surface area contributed by atoms with E-state index in [9.17, 15) is 0 Å². The normalized spacial score (nSPS) is 10.9. The minimum Gasteiger partial charge on any atom is -0.256 e. The fourth-order valence-electron chi connectivity index (χ4n) is 4.12. The first-order valence-corrected chi connectivity index (χ1v) is 9.73. The highest BCUT2D eigenvalue weighted by Gasteiger charge is 2.10. The molecule has 0 bridgehead atoms. The summed E-state index contributed by atoms with van der Waals surface area (Å²) in [5, 5.41) is 0. The highest BCUT2D eigenvalue weighted by atomic mass is 14.7. The van der Waals surface area contributed by atoms with E-state index in [1.165, 1.54) is 44.5 Å². The van der Waals surface area contributed by atoms with Crippen LogP contribution in [0.15, 0.2) is 79.0 Å². The van der Waals surface area contributed by atoms with Crippen molar-refractivity contribution in [3.05, 3.63) is 101 Å². The SMILES string of the molecule is Cc1cc(C)c(-c2ccnc(-c3cccc(-c4ccccc4C)c3)c2)c(C)c1. The van der Waals surface area contributed by atoms with Crippen molar-refractivity contribution in [3.8, 4) is 33.5 Å². The average Bonchev–Trinajstić information content (AvgIpc) is 2.68. The van der Waals surface area contributed by atoms with Gasteiger partial charge in [0.1, 0.15) is 0 Å². The Bertz CT molecular complexity index is 1130. The van der Waals surface area contributed by atoms with E-state index in [1.807, 2.05) is 6.20 Å². The summed E-state index contributed by atoms with van der Waals surface area (Å²) in [6.07, 6.45) is 1.92. The Kier molecular flexibility index (Phi) is 4.83. The Labute approximate surface area is 167 Å². The number of benzene rings is 3. The quantitative estimate of drug-likeness (QED) is 0.372. The molecule has 0 aliphatic heterocycles. The van der Waals surface area contributed by atoms with Crippen molar-refractivity contribution in [1.82, 2.24) is 4.98 Å². The minimum absolute atomic E-state index is 1.01. The van der Waals surface area contributed by atoms with Gasteiger partial charge in [0.25, 0.3) is 0 Å². The number of pyridine rings is 1. The van der Waals surface area contributed by atoms with Gasteiger partial charge in [0.05, 0.1) is 5.69 Å². The zero-order valence-corrected chi connectivity index (χ0v) is 17.0. The van der Waals surface area contributed by atoms with E-state index < -0.39 is 0 Å². The minimum atomic E-state index is 1.01. The lowest BCUT2D eigenvalue weighted by atomic mass is 9.93. The molecule has 3 aromatic carbocycles. The predicted octanol–water partition coefficient (Wildman–Crippen LogP) is 7.32. The molecule has 0 aliphatic carbocycles. The van der Waals surface area contributed by atoms with Crippen LogP contribution in [0.25, 0.3) is 33.5 Å². The van der Waals surface area contributed by atoms with Gasteiger partial charge >= 0.3 is 0 Å².